The van der Waals surface area contributed by atoms with Gasteiger partial charge in [-0.15, -0.1) is 0 Å². The largest absolute Gasteiger partial charge is 0.393 e. The van der Waals surface area contributed by atoms with E-state index in [1.165, 1.54) is 51.4 Å². The molecule has 4 fully saturated rings. The molecule has 1 N–H and O–H groups in total. The van der Waals surface area contributed by atoms with E-state index in [9.17, 15) is 5.11 Å². The summed E-state index contributed by atoms with van der Waals surface area (Å²) in [5.74, 6) is 4.62. The molecular weight excluding hydrogens is 342 g/mol. The third-order valence-corrected chi connectivity index (χ3v) is 10.8. The minimum atomic E-state index is -0.0797. The standard InChI is InChI=1S/C26H43NO/c1-5-18-20-10-6-7-14-25(20,3)22-13-15-26(4)19(17(2)9-8-16-27)11-12-21(26)23(22)24(18)28/h17-24,28H,5-15H2,1-4H3/t17-,18-,19-,20?,21+,22+,23+,24-,25+,26-/m1/s1. The molecule has 4 aliphatic carbocycles. The van der Waals surface area contributed by atoms with Crippen LogP contribution in [0.1, 0.15) is 98.3 Å². The van der Waals surface area contributed by atoms with Gasteiger partial charge in [-0.25, -0.2) is 0 Å². The van der Waals surface area contributed by atoms with Gasteiger partial charge in [0.2, 0.25) is 0 Å². The Balaban J connectivity index is 1.64. The van der Waals surface area contributed by atoms with Crippen molar-refractivity contribution in [2.24, 2.45) is 52.3 Å². The molecule has 0 saturated heterocycles. The third-order valence-electron chi connectivity index (χ3n) is 10.8. The van der Waals surface area contributed by atoms with Gasteiger partial charge in [-0.3, -0.25) is 0 Å². The highest BCUT2D eigenvalue weighted by molar-refractivity contribution is 5.13. The molecule has 0 radical (unpaired) electrons. The Morgan fingerprint density at radius 3 is 2.46 bits per heavy atom. The fraction of sp³-hybridized carbons (Fsp3) is 0.962. The summed E-state index contributed by atoms with van der Waals surface area (Å²) < 4.78 is 0. The van der Waals surface area contributed by atoms with Crippen LogP contribution in [0.3, 0.4) is 0 Å². The maximum absolute atomic E-state index is 11.7. The molecular formula is C26H43NO. The fourth-order valence-electron chi connectivity index (χ4n) is 9.51. The molecule has 0 aliphatic heterocycles. The molecule has 28 heavy (non-hydrogen) atoms. The van der Waals surface area contributed by atoms with Gasteiger partial charge in [0, 0.05) is 6.42 Å². The monoisotopic (exact) mass is 385 g/mol. The van der Waals surface area contributed by atoms with Crippen LogP contribution in [-0.2, 0) is 0 Å². The van der Waals surface area contributed by atoms with Gasteiger partial charge in [0.1, 0.15) is 0 Å². The smallest absolute Gasteiger partial charge is 0.0621 e. The SMILES string of the molecule is CC[C@@H]1C2CCCC[C@]2(C)[C@H]2CC[C@]3(C)[C@@H]([C@H](C)CCC#N)CC[C@H]3[C@@H]2[C@@H]1O. The molecule has 0 aromatic rings. The molecule has 10 atom stereocenters. The third kappa shape index (κ3) is 2.90. The molecule has 0 bridgehead atoms. The zero-order chi connectivity index (χ0) is 20.1. The maximum Gasteiger partial charge on any atom is 0.0621 e. The van der Waals surface area contributed by atoms with Crippen molar-refractivity contribution in [3.05, 3.63) is 0 Å². The Kier molecular flexibility index (Phi) is 5.63. The van der Waals surface area contributed by atoms with E-state index in [0.717, 1.165) is 30.6 Å². The molecule has 0 aromatic carbocycles. The molecule has 4 aliphatic rings. The van der Waals surface area contributed by atoms with Crippen LogP contribution in [0, 0.1) is 63.6 Å². The quantitative estimate of drug-likeness (QED) is 0.594. The number of fused-ring (bicyclic) bond motifs is 5. The number of nitrogens with zero attached hydrogens (tertiary/aromatic N) is 1. The zero-order valence-electron chi connectivity index (χ0n) is 18.8. The number of hydrogen-bond donors (Lipinski definition) is 1. The summed E-state index contributed by atoms with van der Waals surface area (Å²) in [6, 6.07) is 2.37. The predicted octanol–water partition coefficient (Wildman–Crippen LogP) is 6.58. The zero-order valence-corrected chi connectivity index (χ0v) is 18.8. The normalized spacial score (nSPS) is 51.5. The van der Waals surface area contributed by atoms with E-state index in [0.29, 0.717) is 40.9 Å². The van der Waals surface area contributed by atoms with Gasteiger partial charge < -0.3 is 5.11 Å². The molecule has 0 spiro atoms. The average molecular weight is 386 g/mol. The summed E-state index contributed by atoms with van der Waals surface area (Å²) in [5, 5.41) is 20.8. The van der Waals surface area contributed by atoms with Gasteiger partial charge in [0.25, 0.3) is 0 Å². The summed E-state index contributed by atoms with van der Waals surface area (Å²) in [6.45, 7) is 9.91. The Morgan fingerprint density at radius 2 is 1.75 bits per heavy atom. The first-order valence-electron chi connectivity index (χ1n) is 12.4. The molecule has 2 nitrogen and oxygen atoms in total. The number of aliphatic hydroxyl groups excluding tert-OH is 1. The van der Waals surface area contributed by atoms with E-state index < -0.39 is 0 Å². The molecule has 4 rings (SSSR count). The second kappa shape index (κ2) is 7.61. The lowest BCUT2D eigenvalue weighted by Gasteiger charge is -2.64. The van der Waals surface area contributed by atoms with Crippen molar-refractivity contribution >= 4 is 0 Å². The van der Waals surface area contributed by atoms with Crippen LogP contribution in [0.5, 0.6) is 0 Å². The second-order valence-corrected chi connectivity index (χ2v) is 11.6. The molecule has 0 aromatic heterocycles. The van der Waals surface area contributed by atoms with E-state index >= 15 is 0 Å². The van der Waals surface area contributed by atoms with E-state index in [4.69, 9.17) is 5.26 Å². The summed E-state index contributed by atoms with van der Waals surface area (Å²) in [6.07, 6.45) is 13.7. The minimum Gasteiger partial charge on any atom is -0.393 e. The van der Waals surface area contributed by atoms with Crippen LogP contribution in [-0.4, -0.2) is 11.2 Å². The predicted molar refractivity (Wildman–Crippen MR) is 114 cm³/mol. The van der Waals surface area contributed by atoms with Crippen LogP contribution in [0.25, 0.3) is 0 Å². The van der Waals surface area contributed by atoms with Gasteiger partial charge in [-0.2, -0.15) is 5.26 Å². The van der Waals surface area contributed by atoms with Crippen molar-refractivity contribution in [3.8, 4) is 6.07 Å². The molecule has 4 saturated carbocycles. The van der Waals surface area contributed by atoms with Crippen molar-refractivity contribution in [2.45, 2.75) is 104 Å². The number of nitriles is 1. The lowest BCUT2D eigenvalue weighted by Crippen LogP contribution is -2.61. The minimum absolute atomic E-state index is 0.0797. The first-order valence-corrected chi connectivity index (χ1v) is 12.4. The van der Waals surface area contributed by atoms with E-state index in [-0.39, 0.29) is 6.10 Å². The Bertz CT molecular complexity index is 610. The van der Waals surface area contributed by atoms with Gasteiger partial charge in [-0.05, 0) is 97.2 Å². The first kappa shape index (κ1) is 20.7. The molecule has 158 valence electrons. The Morgan fingerprint density at radius 1 is 1.00 bits per heavy atom. The van der Waals surface area contributed by atoms with Crippen molar-refractivity contribution in [1.82, 2.24) is 0 Å². The Labute approximate surface area is 173 Å². The van der Waals surface area contributed by atoms with Crippen molar-refractivity contribution in [3.63, 3.8) is 0 Å². The van der Waals surface area contributed by atoms with Crippen LogP contribution in [0.4, 0.5) is 0 Å². The summed E-state index contributed by atoms with van der Waals surface area (Å²) in [5.41, 5.74) is 0.849. The first-order chi connectivity index (χ1) is 13.4. The molecule has 2 heteroatoms. The van der Waals surface area contributed by atoms with Gasteiger partial charge in [0.15, 0.2) is 0 Å². The topological polar surface area (TPSA) is 44.0 Å². The second-order valence-electron chi connectivity index (χ2n) is 11.6. The van der Waals surface area contributed by atoms with Gasteiger partial charge in [0.05, 0.1) is 12.2 Å². The van der Waals surface area contributed by atoms with Gasteiger partial charge >= 0.3 is 0 Å². The van der Waals surface area contributed by atoms with Crippen molar-refractivity contribution in [2.75, 3.05) is 0 Å². The lowest BCUT2D eigenvalue weighted by molar-refractivity contribution is -0.194. The van der Waals surface area contributed by atoms with Crippen LogP contribution < -0.4 is 0 Å². The lowest BCUT2D eigenvalue weighted by atomic mass is 9.41. The number of rotatable bonds is 4. The number of hydrogen-bond acceptors (Lipinski definition) is 2. The van der Waals surface area contributed by atoms with Crippen molar-refractivity contribution in [1.29, 1.82) is 5.26 Å². The summed E-state index contributed by atoms with van der Waals surface area (Å²) in [7, 11) is 0. The Hall–Kier alpha value is -0.550. The highest BCUT2D eigenvalue weighted by Gasteiger charge is 2.64. The van der Waals surface area contributed by atoms with Crippen LogP contribution in [0.2, 0.25) is 0 Å². The van der Waals surface area contributed by atoms with E-state index in [1.54, 1.807) is 0 Å². The van der Waals surface area contributed by atoms with Crippen LogP contribution in [0.15, 0.2) is 0 Å². The number of aliphatic hydroxyl groups is 1. The van der Waals surface area contributed by atoms with E-state index in [2.05, 4.69) is 33.8 Å². The molecule has 1 unspecified atom stereocenters. The average Bonchev–Trinajstić information content (AvgIpc) is 3.04. The van der Waals surface area contributed by atoms with E-state index in [1.807, 2.05) is 0 Å². The highest BCUT2D eigenvalue weighted by atomic mass is 16.3. The summed E-state index contributed by atoms with van der Waals surface area (Å²) >= 11 is 0. The molecule has 0 amide bonds. The maximum atomic E-state index is 11.7. The highest BCUT2D eigenvalue weighted by Crippen LogP contribution is 2.69. The van der Waals surface area contributed by atoms with Gasteiger partial charge in [-0.1, -0.05) is 47.0 Å². The molecule has 0 heterocycles. The fourth-order valence-corrected chi connectivity index (χ4v) is 9.51. The summed E-state index contributed by atoms with van der Waals surface area (Å²) in [4.78, 5) is 0. The van der Waals surface area contributed by atoms with Crippen LogP contribution >= 0.6 is 0 Å². The van der Waals surface area contributed by atoms with Crippen molar-refractivity contribution < 1.29 is 5.11 Å².